The van der Waals surface area contributed by atoms with Crippen molar-refractivity contribution in [1.82, 2.24) is 0 Å². The second-order valence-electron chi connectivity index (χ2n) is 4.71. The molecule has 70 valence electrons. The number of amides is 1. The molecule has 0 saturated heterocycles. The number of primary amides is 1. The Morgan fingerprint density at radius 3 is 2.67 bits per heavy atom. The quantitative estimate of drug-likeness (QED) is 0.600. The van der Waals surface area contributed by atoms with Crippen molar-refractivity contribution in [3.63, 3.8) is 0 Å². The van der Waals surface area contributed by atoms with Crippen LogP contribution in [0.15, 0.2) is 0 Å². The van der Waals surface area contributed by atoms with Crippen LogP contribution in [0, 0.1) is 11.3 Å². The van der Waals surface area contributed by atoms with Crippen LogP contribution in [0.4, 0.5) is 0 Å². The normalized spacial score (nSPS) is 29.3. The number of rotatable bonds is 1. The highest BCUT2D eigenvalue weighted by Crippen LogP contribution is 2.36. The van der Waals surface area contributed by atoms with E-state index in [9.17, 15) is 4.79 Å². The Kier molecular flexibility index (Phi) is 2.76. The van der Waals surface area contributed by atoms with Crippen LogP contribution in [-0.4, -0.2) is 5.91 Å². The first-order chi connectivity index (χ1) is 5.51. The molecule has 1 aliphatic carbocycles. The molecule has 0 spiro atoms. The molecule has 1 saturated carbocycles. The maximum atomic E-state index is 11.0. The van der Waals surface area contributed by atoms with Crippen LogP contribution in [0.1, 0.15) is 46.0 Å². The van der Waals surface area contributed by atoms with Gasteiger partial charge < -0.3 is 5.73 Å². The molecule has 1 aliphatic rings. The topological polar surface area (TPSA) is 43.1 Å². The van der Waals surface area contributed by atoms with Crippen molar-refractivity contribution in [2.75, 3.05) is 0 Å². The lowest BCUT2D eigenvalue weighted by atomic mass is 9.81. The predicted molar refractivity (Wildman–Crippen MR) is 49.6 cm³/mol. The van der Waals surface area contributed by atoms with Crippen LogP contribution in [0.25, 0.3) is 0 Å². The zero-order chi connectivity index (χ0) is 9.19. The maximum Gasteiger partial charge on any atom is 0.220 e. The lowest BCUT2D eigenvalue weighted by molar-refractivity contribution is -0.122. The van der Waals surface area contributed by atoms with Gasteiger partial charge in [-0.2, -0.15) is 0 Å². The highest BCUT2D eigenvalue weighted by molar-refractivity contribution is 5.76. The summed E-state index contributed by atoms with van der Waals surface area (Å²) in [6, 6.07) is 0. The summed E-state index contributed by atoms with van der Waals surface area (Å²) in [5.74, 6) is 0.0208. The number of carbonyl (C=O) groups excluding carboxylic acids is 1. The zero-order valence-electron chi connectivity index (χ0n) is 8.10. The van der Waals surface area contributed by atoms with E-state index in [2.05, 4.69) is 13.8 Å². The molecule has 1 atom stereocenters. The predicted octanol–water partition coefficient (Wildman–Crippen LogP) is 2.08. The minimum atomic E-state index is -0.107. The van der Waals surface area contributed by atoms with E-state index in [1.165, 1.54) is 12.8 Å². The van der Waals surface area contributed by atoms with E-state index in [0.717, 1.165) is 19.3 Å². The first-order valence-electron chi connectivity index (χ1n) is 4.81. The maximum absolute atomic E-state index is 11.0. The largest absolute Gasteiger partial charge is 0.369 e. The smallest absolute Gasteiger partial charge is 0.220 e. The van der Waals surface area contributed by atoms with E-state index in [0.29, 0.717) is 5.41 Å². The molecule has 0 aromatic carbocycles. The van der Waals surface area contributed by atoms with Gasteiger partial charge in [-0.3, -0.25) is 4.79 Å². The Hall–Kier alpha value is -0.530. The Morgan fingerprint density at radius 1 is 1.42 bits per heavy atom. The van der Waals surface area contributed by atoms with Crippen molar-refractivity contribution >= 4 is 5.91 Å². The van der Waals surface area contributed by atoms with Gasteiger partial charge in [0.2, 0.25) is 5.91 Å². The SMILES string of the molecule is CC1(C)CCCC[C@@H](C(N)=O)C1. The summed E-state index contributed by atoms with van der Waals surface area (Å²) in [5.41, 5.74) is 5.63. The molecule has 0 aromatic rings. The van der Waals surface area contributed by atoms with E-state index >= 15 is 0 Å². The van der Waals surface area contributed by atoms with Gasteiger partial charge in [0.15, 0.2) is 0 Å². The van der Waals surface area contributed by atoms with Gasteiger partial charge in [-0.05, 0) is 24.7 Å². The average Bonchev–Trinajstić information content (AvgIpc) is 2.10. The molecule has 0 bridgehead atoms. The van der Waals surface area contributed by atoms with Crippen molar-refractivity contribution < 1.29 is 4.79 Å². The van der Waals surface area contributed by atoms with E-state index in [1.54, 1.807) is 0 Å². The highest BCUT2D eigenvalue weighted by Gasteiger charge is 2.28. The molecule has 2 N–H and O–H groups in total. The molecule has 12 heavy (non-hydrogen) atoms. The second kappa shape index (κ2) is 3.46. The summed E-state index contributed by atoms with van der Waals surface area (Å²) < 4.78 is 0. The summed E-state index contributed by atoms with van der Waals surface area (Å²) >= 11 is 0. The Balaban J connectivity index is 2.60. The van der Waals surface area contributed by atoms with Crippen LogP contribution < -0.4 is 5.73 Å². The lowest BCUT2D eigenvalue weighted by Crippen LogP contribution is -2.26. The third kappa shape index (κ3) is 2.50. The standard InChI is InChI=1S/C10H19NO/c1-10(2)6-4-3-5-8(7-10)9(11)12/h8H,3-7H2,1-2H3,(H2,11,12)/t8-/m1/s1. The molecule has 2 heteroatoms. The molecule has 0 radical (unpaired) electrons. The molecule has 1 amide bonds. The second-order valence-corrected chi connectivity index (χ2v) is 4.71. The summed E-state index contributed by atoms with van der Waals surface area (Å²) in [5, 5.41) is 0. The Bertz CT molecular complexity index is 175. The monoisotopic (exact) mass is 169 g/mol. The summed E-state index contributed by atoms with van der Waals surface area (Å²) in [6.45, 7) is 4.46. The van der Waals surface area contributed by atoms with Crippen LogP contribution >= 0.6 is 0 Å². The number of carbonyl (C=O) groups is 1. The van der Waals surface area contributed by atoms with Crippen LogP contribution in [0.3, 0.4) is 0 Å². The third-order valence-electron chi connectivity index (χ3n) is 2.86. The molecule has 1 rings (SSSR count). The van der Waals surface area contributed by atoms with Gasteiger partial charge in [0.1, 0.15) is 0 Å². The van der Waals surface area contributed by atoms with Crippen molar-refractivity contribution in [2.45, 2.75) is 46.0 Å². The minimum absolute atomic E-state index is 0.107. The van der Waals surface area contributed by atoms with Crippen LogP contribution in [0.5, 0.6) is 0 Å². The van der Waals surface area contributed by atoms with Gasteiger partial charge in [-0.15, -0.1) is 0 Å². The molecular formula is C10H19NO. The van der Waals surface area contributed by atoms with Crippen molar-refractivity contribution in [2.24, 2.45) is 17.1 Å². The number of hydrogen-bond donors (Lipinski definition) is 1. The van der Waals surface area contributed by atoms with Gasteiger partial charge in [-0.1, -0.05) is 26.7 Å². The molecule has 0 unspecified atom stereocenters. The van der Waals surface area contributed by atoms with E-state index in [-0.39, 0.29) is 11.8 Å². The van der Waals surface area contributed by atoms with Crippen molar-refractivity contribution in [3.8, 4) is 0 Å². The molecule has 0 aliphatic heterocycles. The summed E-state index contributed by atoms with van der Waals surface area (Å²) in [4.78, 5) is 11.0. The molecule has 0 heterocycles. The fourth-order valence-corrected chi connectivity index (χ4v) is 2.11. The average molecular weight is 169 g/mol. The molecule has 0 aromatic heterocycles. The number of hydrogen-bond acceptors (Lipinski definition) is 1. The van der Waals surface area contributed by atoms with Gasteiger partial charge >= 0.3 is 0 Å². The van der Waals surface area contributed by atoms with Crippen LogP contribution in [0.2, 0.25) is 0 Å². The number of nitrogens with two attached hydrogens (primary N) is 1. The minimum Gasteiger partial charge on any atom is -0.369 e. The fourth-order valence-electron chi connectivity index (χ4n) is 2.11. The highest BCUT2D eigenvalue weighted by atomic mass is 16.1. The van der Waals surface area contributed by atoms with E-state index in [1.807, 2.05) is 0 Å². The first kappa shape index (κ1) is 9.56. The molecular weight excluding hydrogens is 150 g/mol. The van der Waals surface area contributed by atoms with E-state index in [4.69, 9.17) is 5.73 Å². The molecule has 2 nitrogen and oxygen atoms in total. The van der Waals surface area contributed by atoms with Gasteiger partial charge in [0.25, 0.3) is 0 Å². The lowest BCUT2D eigenvalue weighted by Gasteiger charge is -2.24. The van der Waals surface area contributed by atoms with Crippen LogP contribution in [-0.2, 0) is 4.79 Å². The third-order valence-corrected chi connectivity index (χ3v) is 2.86. The Morgan fingerprint density at radius 2 is 2.08 bits per heavy atom. The summed E-state index contributed by atoms with van der Waals surface area (Å²) in [7, 11) is 0. The molecule has 1 fully saturated rings. The Labute approximate surface area is 74.5 Å². The first-order valence-corrected chi connectivity index (χ1v) is 4.81. The van der Waals surface area contributed by atoms with E-state index < -0.39 is 0 Å². The fraction of sp³-hybridized carbons (Fsp3) is 0.900. The van der Waals surface area contributed by atoms with Gasteiger partial charge in [0.05, 0.1) is 0 Å². The zero-order valence-corrected chi connectivity index (χ0v) is 8.10. The van der Waals surface area contributed by atoms with Crippen molar-refractivity contribution in [1.29, 1.82) is 0 Å². The summed E-state index contributed by atoms with van der Waals surface area (Å²) in [6.07, 6.45) is 5.62. The van der Waals surface area contributed by atoms with Gasteiger partial charge in [0, 0.05) is 5.92 Å². The van der Waals surface area contributed by atoms with Gasteiger partial charge in [-0.25, -0.2) is 0 Å². The van der Waals surface area contributed by atoms with Crippen molar-refractivity contribution in [3.05, 3.63) is 0 Å².